The van der Waals surface area contributed by atoms with Gasteiger partial charge in [-0.2, -0.15) is 0 Å². The van der Waals surface area contributed by atoms with Gasteiger partial charge in [-0.25, -0.2) is 0 Å². The Balaban J connectivity index is 2.07. The second kappa shape index (κ2) is 5.05. The Bertz CT molecular complexity index is 567. The van der Waals surface area contributed by atoms with E-state index in [0.29, 0.717) is 0 Å². The van der Waals surface area contributed by atoms with Crippen LogP contribution in [0.5, 0.6) is 0 Å². The van der Waals surface area contributed by atoms with Crippen molar-refractivity contribution in [2.24, 2.45) is 0 Å². The van der Waals surface area contributed by atoms with E-state index < -0.39 is 6.85 Å². The van der Waals surface area contributed by atoms with Crippen molar-refractivity contribution in [2.75, 3.05) is 0 Å². The van der Waals surface area contributed by atoms with Crippen molar-refractivity contribution < 1.29 is 8.69 Å². The van der Waals surface area contributed by atoms with Gasteiger partial charge in [-0.1, -0.05) is 42.8 Å². The van der Waals surface area contributed by atoms with Gasteiger partial charge in [0.25, 0.3) is 0 Å². The normalized spacial score (nSPS) is 18.4. The molecule has 1 aromatic rings. The van der Waals surface area contributed by atoms with Crippen LogP contribution in [0.15, 0.2) is 48.2 Å². The predicted octanol–water partition coefficient (Wildman–Crippen LogP) is 3.65. The fourth-order valence-electron chi connectivity index (χ4n) is 1.89. The highest BCUT2D eigenvalue weighted by Gasteiger charge is 2.13. The molecule has 0 N–H and O–H groups in total. The third-order valence-corrected chi connectivity index (χ3v) is 3.02. The number of hydrogen-bond acceptors (Lipinski definition) is 0. The molecule has 1 aliphatic rings. The van der Waals surface area contributed by atoms with Gasteiger partial charge in [0.15, 0.2) is 0 Å². The van der Waals surface area contributed by atoms with Gasteiger partial charge in [-0.15, -0.1) is 6.08 Å². The van der Waals surface area contributed by atoms with Gasteiger partial charge in [0.1, 0.15) is 6.04 Å². The van der Waals surface area contributed by atoms with Gasteiger partial charge >= 0.3 is 0 Å². The molecule has 1 aromatic carbocycles. The zero-order valence-corrected chi connectivity index (χ0v) is 10.1. The van der Waals surface area contributed by atoms with Crippen molar-refractivity contribution in [2.45, 2.75) is 26.6 Å². The van der Waals surface area contributed by atoms with Crippen molar-refractivity contribution in [1.82, 2.24) is 0 Å². The maximum Gasteiger partial charge on any atom is 0.104 e. The highest BCUT2D eigenvalue weighted by Crippen LogP contribution is 2.21. The molecule has 0 bridgehead atoms. The molecule has 0 unspecified atom stereocenters. The molecule has 88 valence electrons. The first-order chi connectivity index (χ1) is 9.35. The SMILES string of the molecule is [2H]C([2H])([2H])CC1=C[N+](=C)[C-](Cc2ccccc2C)C=C1. The van der Waals surface area contributed by atoms with E-state index in [9.17, 15) is 0 Å². The third kappa shape index (κ3) is 2.68. The Kier molecular flexibility index (Phi) is 2.48. The minimum Gasteiger partial charge on any atom is -0.298 e. The summed E-state index contributed by atoms with van der Waals surface area (Å²) in [5, 5.41) is 0. The van der Waals surface area contributed by atoms with Crippen LogP contribution in [0.2, 0.25) is 0 Å². The number of allylic oxidation sites excluding steroid dienone is 2. The molecule has 1 aliphatic heterocycles. The first-order valence-corrected chi connectivity index (χ1v) is 5.74. The minimum absolute atomic E-state index is 0.0766. The van der Waals surface area contributed by atoms with Crippen molar-refractivity contribution >= 4 is 6.72 Å². The summed E-state index contributed by atoms with van der Waals surface area (Å²) in [5.74, 6) is 0. The molecule has 2 rings (SSSR count). The van der Waals surface area contributed by atoms with E-state index in [1.807, 2.05) is 24.3 Å². The molecule has 0 spiro atoms. The summed E-state index contributed by atoms with van der Waals surface area (Å²) >= 11 is 0. The zero-order chi connectivity index (χ0) is 14.8. The van der Waals surface area contributed by atoms with Crippen LogP contribution in [0.3, 0.4) is 0 Å². The van der Waals surface area contributed by atoms with E-state index in [4.69, 9.17) is 4.11 Å². The minimum atomic E-state index is -1.94. The molecule has 0 atom stereocenters. The lowest BCUT2D eigenvalue weighted by Crippen LogP contribution is -2.16. The van der Waals surface area contributed by atoms with Gasteiger partial charge in [0.2, 0.25) is 0 Å². The van der Waals surface area contributed by atoms with Gasteiger partial charge in [-0.05, 0) is 24.5 Å². The quantitative estimate of drug-likeness (QED) is 0.549. The maximum atomic E-state index is 7.30. The van der Waals surface area contributed by atoms with Crippen molar-refractivity contribution in [3.8, 4) is 0 Å². The molecule has 0 aliphatic carbocycles. The van der Waals surface area contributed by atoms with Crippen LogP contribution in [-0.2, 0) is 6.42 Å². The summed E-state index contributed by atoms with van der Waals surface area (Å²) in [5.41, 5.74) is 3.29. The number of aryl methyl sites for hydroxylation is 1. The van der Waals surface area contributed by atoms with Crippen LogP contribution in [0, 0.1) is 13.0 Å². The second-order valence-corrected chi connectivity index (χ2v) is 4.28. The molecule has 1 heteroatoms. The van der Waals surface area contributed by atoms with E-state index >= 15 is 0 Å². The molecule has 0 fully saturated rings. The average Bonchev–Trinajstić information content (AvgIpc) is 2.33. The van der Waals surface area contributed by atoms with Gasteiger partial charge in [0, 0.05) is 10.5 Å². The Labute approximate surface area is 108 Å². The van der Waals surface area contributed by atoms with Crippen molar-refractivity contribution in [3.05, 3.63) is 65.4 Å². The molecule has 0 saturated carbocycles. The maximum absolute atomic E-state index is 7.30. The van der Waals surface area contributed by atoms with E-state index in [0.717, 1.165) is 18.0 Å². The summed E-state index contributed by atoms with van der Waals surface area (Å²) in [6.45, 7) is 4.12. The van der Waals surface area contributed by atoms with Crippen molar-refractivity contribution in [3.63, 3.8) is 0 Å². The van der Waals surface area contributed by atoms with Gasteiger partial charge in [-0.3, -0.25) is 4.58 Å². The first-order valence-electron chi connectivity index (χ1n) is 7.24. The summed E-state index contributed by atoms with van der Waals surface area (Å²) in [6.07, 6.45) is 6.51. The Morgan fingerprint density at radius 3 is 2.94 bits per heavy atom. The van der Waals surface area contributed by atoms with E-state index in [2.05, 4.69) is 25.8 Å². The highest BCUT2D eigenvalue weighted by atomic mass is 15.0. The number of nitrogens with zero attached hydrogens (tertiary/aromatic N) is 1. The Morgan fingerprint density at radius 2 is 2.24 bits per heavy atom. The lowest BCUT2D eigenvalue weighted by atomic mass is 9.98. The van der Waals surface area contributed by atoms with Crippen LogP contribution in [0.4, 0.5) is 0 Å². The van der Waals surface area contributed by atoms with Gasteiger partial charge in [0.05, 0.1) is 12.9 Å². The molecule has 0 amide bonds. The van der Waals surface area contributed by atoms with Crippen LogP contribution < -0.4 is 0 Å². The van der Waals surface area contributed by atoms with E-state index in [1.165, 1.54) is 11.1 Å². The molecule has 1 nitrogen and oxygen atoms in total. The molecule has 0 aromatic heterocycles. The third-order valence-electron chi connectivity index (χ3n) is 3.02. The Hall–Kier alpha value is -1.76. The standard InChI is InChI=1S/C16H19N/c1-4-14-9-10-16(17(3)12-14)11-15-8-6-5-7-13(15)2/h5-10,12H,3-4,11H2,1-2H3/i1D3. The highest BCUT2D eigenvalue weighted by molar-refractivity contribution is 5.34. The largest absolute Gasteiger partial charge is 0.298 e. The summed E-state index contributed by atoms with van der Waals surface area (Å²) in [7, 11) is 0. The predicted molar refractivity (Wildman–Crippen MR) is 73.0 cm³/mol. The van der Waals surface area contributed by atoms with E-state index in [-0.39, 0.29) is 6.42 Å². The smallest absolute Gasteiger partial charge is 0.104 e. The molecular weight excluding hydrogens is 206 g/mol. The lowest BCUT2D eigenvalue weighted by molar-refractivity contribution is -0.427. The number of benzene rings is 1. The summed E-state index contributed by atoms with van der Waals surface area (Å²) in [4.78, 5) is 0. The first kappa shape index (κ1) is 8.35. The summed E-state index contributed by atoms with van der Waals surface area (Å²) in [6, 6.07) is 9.31. The fraction of sp³-hybridized carbons (Fsp3) is 0.250. The fourth-order valence-corrected chi connectivity index (χ4v) is 1.89. The monoisotopic (exact) mass is 228 g/mol. The van der Waals surface area contributed by atoms with Crippen LogP contribution >= 0.6 is 0 Å². The van der Waals surface area contributed by atoms with Crippen LogP contribution in [-0.4, -0.2) is 11.3 Å². The van der Waals surface area contributed by atoms with Crippen molar-refractivity contribution in [1.29, 1.82) is 0 Å². The van der Waals surface area contributed by atoms with Gasteiger partial charge < -0.3 is 0 Å². The number of rotatable bonds is 3. The molecule has 0 saturated heterocycles. The topological polar surface area (TPSA) is 3.01 Å². The van der Waals surface area contributed by atoms with Crippen LogP contribution in [0.1, 0.15) is 28.5 Å². The second-order valence-electron chi connectivity index (χ2n) is 4.28. The lowest BCUT2D eigenvalue weighted by Gasteiger charge is -2.20. The van der Waals surface area contributed by atoms with E-state index in [1.54, 1.807) is 10.8 Å². The number of hydrogen-bond donors (Lipinski definition) is 0. The Morgan fingerprint density at radius 1 is 1.41 bits per heavy atom. The molecule has 1 heterocycles. The van der Waals surface area contributed by atoms with Crippen LogP contribution in [0.25, 0.3) is 0 Å². The average molecular weight is 228 g/mol. The molecular formula is C16H19N. The molecule has 0 radical (unpaired) electrons. The molecule has 17 heavy (non-hydrogen) atoms. The zero-order valence-electron chi connectivity index (χ0n) is 13.1. The summed E-state index contributed by atoms with van der Waals surface area (Å²) < 4.78 is 23.7.